The topological polar surface area (TPSA) is 74.2 Å². The Bertz CT molecular complexity index is 1260. The van der Waals surface area contributed by atoms with Crippen LogP contribution in [0.25, 0.3) is 11.0 Å². The highest BCUT2D eigenvalue weighted by atomic mass is 19.1. The zero-order chi connectivity index (χ0) is 24.7. The van der Waals surface area contributed by atoms with Crippen LogP contribution in [0.15, 0.2) is 30.5 Å². The van der Waals surface area contributed by atoms with Crippen LogP contribution in [-0.4, -0.2) is 59.0 Å². The summed E-state index contributed by atoms with van der Waals surface area (Å²) in [4.78, 5) is 29.7. The predicted octanol–water partition coefficient (Wildman–Crippen LogP) is 4.51. The van der Waals surface area contributed by atoms with Gasteiger partial charge in [0, 0.05) is 44.9 Å². The summed E-state index contributed by atoms with van der Waals surface area (Å²) in [6.45, 7) is 1.05. The third kappa shape index (κ3) is 4.87. The molecular formula is C25H27F3N6O. The lowest BCUT2D eigenvalue weighted by molar-refractivity contribution is 0.0822. The van der Waals surface area contributed by atoms with Crippen LogP contribution >= 0.6 is 0 Å². The average molecular weight is 485 g/mol. The largest absolute Gasteiger partial charge is 0.364 e. The molecule has 1 unspecified atom stereocenters. The average Bonchev–Trinajstić information content (AvgIpc) is 3.66. The first kappa shape index (κ1) is 23.3. The molecular weight excluding hydrogens is 457 g/mol. The zero-order valence-electron chi connectivity index (χ0n) is 19.6. The molecule has 1 aliphatic carbocycles. The van der Waals surface area contributed by atoms with Gasteiger partial charge in [-0.15, -0.1) is 0 Å². The molecule has 3 heterocycles. The highest BCUT2D eigenvalue weighted by Crippen LogP contribution is 2.38. The van der Waals surface area contributed by atoms with Crippen molar-refractivity contribution in [3.05, 3.63) is 53.4 Å². The van der Waals surface area contributed by atoms with E-state index in [1.165, 1.54) is 11.0 Å². The van der Waals surface area contributed by atoms with E-state index >= 15 is 4.39 Å². The quantitative estimate of drug-likeness (QED) is 0.555. The predicted molar refractivity (Wildman–Crippen MR) is 127 cm³/mol. The summed E-state index contributed by atoms with van der Waals surface area (Å²) in [5.74, 6) is -0.855. The van der Waals surface area contributed by atoms with Crippen molar-refractivity contribution in [3.63, 3.8) is 0 Å². The number of pyridine rings is 1. The number of fused-ring (bicyclic) bond motifs is 1. The van der Waals surface area contributed by atoms with Crippen LogP contribution in [0.2, 0.25) is 0 Å². The lowest BCUT2D eigenvalue weighted by Gasteiger charge is -2.35. The number of halogens is 3. The summed E-state index contributed by atoms with van der Waals surface area (Å²) in [6.07, 6.45) is 3.14. The summed E-state index contributed by atoms with van der Waals surface area (Å²) >= 11 is 0. The van der Waals surface area contributed by atoms with Gasteiger partial charge in [-0.25, -0.2) is 28.1 Å². The Morgan fingerprint density at radius 3 is 2.49 bits per heavy atom. The van der Waals surface area contributed by atoms with E-state index < -0.39 is 17.8 Å². The molecule has 1 aromatic carbocycles. The number of carbonyl (C=O) groups excluding carboxylic acids is 1. The normalized spacial score (nSPS) is 17.5. The summed E-state index contributed by atoms with van der Waals surface area (Å²) < 4.78 is 42.4. The minimum atomic E-state index is -1.50. The number of nitrogens with zero attached hydrogens (tertiary/aromatic N) is 5. The van der Waals surface area contributed by atoms with E-state index in [0.29, 0.717) is 60.3 Å². The van der Waals surface area contributed by atoms with Gasteiger partial charge in [-0.05, 0) is 43.7 Å². The first-order valence-electron chi connectivity index (χ1n) is 11.8. The SMILES string of the molecule is CN(C)C(=O)c1cc2nc(NC3CC3)c(N3CCC(C(F)c4ccc(F)cc4F)CC3)nc2cn1. The van der Waals surface area contributed by atoms with E-state index in [2.05, 4.69) is 15.2 Å². The van der Waals surface area contributed by atoms with E-state index in [9.17, 15) is 13.6 Å². The van der Waals surface area contributed by atoms with Crippen LogP contribution in [0, 0.1) is 17.6 Å². The standard InChI is InChI=1S/C25H27F3N6O/c1-33(2)25(35)20-12-19-21(13-29-20)32-24(23(31-19)30-16-4-5-16)34-9-7-14(8-10-34)22(28)17-6-3-15(26)11-18(17)27/h3,6,11-14,16,22H,4-5,7-10H2,1-2H3,(H,30,31). The summed E-state index contributed by atoms with van der Waals surface area (Å²) in [6, 6.07) is 4.98. The van der Waals surface area contributed by atoms with Crippen molar-refractivity contribution in [3.8, 4) is 0 Å². The van der Waals surface area contributed by atoms with Crippen LogP contribution in [0.3, 0.4) is 0 Å². The zero-order valence-corrected chi connectivity index (χ0v) is 19.6. The van der Waals surface area contributed by atoms with Crippen molar-refractivity contribution in [1.82, 2.24) is 19.9 Å². The van der Waals surface area contributed by atoms with E-state index in [4.69, 9.17) is 9.97 Å². The third-order valence-electron chi connectivity index (χ3n) is 6.59. The number of amides is 1. The highest BCUT2D eigenvalue weighted by Gasteiger charge is 2.32. The van der Waals surface area contributed by atoms with Gasteiger partial charge < -0.3 is 15.1 Å². The molecule has 2 aromatic heterocycles. The number of aromatic nitrogens is 3. The van der Waals surface area contributed by atoms with Gasteiger partial charge in [0.1, 0.15) is 29.0 Å². The Morgan fingerprint density at radius 2 is 1.83 bits per heavy atom. The second-order valence-corrected chi connectivity index (χ2v) is 9.46. The number of hydrogen-bond donors (Lipinski definition) is 1. The molecule has 1 aliphatic heterocycles. The van der Waals surface area contributed by atoms with E-state index in [1.807, 2.05) is 0 Å². The number of piperidine rings is 1. The Hall–Kier alpha value is -3.43. The summed E-state index contributed by atoms with van der Waals surface area (Å²) in [7, 11) is 3.33. The minimum Gasteiger partial charge on any atom is -0.364 e. The smallest absolute Gasteiger partial charge is 0.272 e. The van der Waals surface area contributed by atoms with Crippen molar-refractivity contribution in [1.29, 1.82) is 0 Å². The third-order valence-corrected chi connectivity index (χ3v) is 6.59. The van der Waals surface area contributed by atoms with Gasteiger partial charge in [-0.3, -0.25) is 4.79 Å². The van der Waals surface area contributed by atoms with E-state index in [1.54, 1.807) is 26.4 Å². The number of anilines is 2. The lowest BCUT2D eigenvalue weighted by atomic mass is 9.88. The molecule has 10 heteroatoms. The van der Waals surface area contributed by atoms with Gasteiger partial charge in [0.25, 0.3) is 5.91 Å². The molecule has 5 rings (SSSR count). The number of rotatable bonds is 6. The maximum atomic E-state index is 15.1. The Balaban J connectivity index is 1.38. The lowest BCUT2D eigenvalue weighted by Crippen LogP contribution is -2.36. The second kappa shape index (κ2) is 9.31. The van der Waals surface area contributed by atoms with Gasteiger partial charge in [-0.1, -0.05) is 6.07 Å². The molecule has 35 heavy (non-hydrogen) atoms. The first-order chi connectivity index (χ1) is 16.8. The van der Waals surface area contributed by atoms with E-state index in [-0.39, 0.29) is 17.4 Å². The van der Waals surface area contributed by atoms with Crippen LogP contribution in [-0.2, 0) is 0 Å². The fourth-order valence-corrected chi connectivity index (χ4v) is 4.42. The Morgan fingerprint density at radius 1 is 1.09 bits per heavy atom. The van der Waals surface area contributed by atoms with Crippen molar-refractivity contribution < 1.29 is 18.0 Å². The maximum Gasteiger partial charge on any atom is 0.272 e. The Labute approximate surface area is 201 Å². The van der Waals surface area contributed by atoms with Gasteiger partial charge in [0.2, 0.25) is 0 Å². The van der Waals surface area contributed by atoms with Crippen LogP contribution in [0.4, 0.5) is 24.8 Å². The maximum absolute atomic E-state index is 15.1. The Kier molecular flexibility index (Phi) is 6.21. The van der Waals surface area contributed by atoms with Crippen LogP contribution in [0.1, 0.15) is 47.9 Å². The molecule has 1 saturated heterocycles. The number of hydrogen-bond acceptors (Lipinski definition) is 6. The first-order valence-corrected chi connectivity index (χ1v) is 11.8. The van der Waals surface area contributed by atoms with E-state index in [0.717, 1.165) is 25.0 Å². The second-order valence-electron chi connectivity index (χ2n) is 9.46. The van der Waals surface area contributed by atoms with Crippen molar-refractivity contribution in [2.75, 3.05) is 37.4 Å². The molecule has 1 N–H and O–H groups in total. The van der Waals surface area contributed by atoms with Gasteiger partial charge in [0.05, 0.1) is 11.7 Å². The van der Waals surface area contributed by atoms with Gasteiger partial charge in [0.15, 0.2) is 11.6 Å². The van der Waals surface area contributed by atoms with Crippen LogP contribution in [0.5, 0.6) is 0 Å². The number of benzene rings is 1. The van der Waals surface area contributed by atoms with Crippen LogP contribution < -0.4 is 10.2 Å². The molecule has 184 valence electrons. The number of carbonyl (C=O) groups is 1. The van der Waals surface area contributed by atoms with Crippen molar-refractivity contribution >= 4 is 28.6 Å². The minimum absolute atomic E-state index is 0.0967. The number of nitrogens with one attached hydrogen (secondary N) is 1. The molecule has 2 aliphatic rings. The van der Waals surface area contributed by atoms with Crippen molar-refractivity contribution in [2.45, 2.75) is 37.9 Å². The summed E-state index contributed by atoms with van der Waals surface area (Å²) in [5.41, 5.74) is 1.34. The number of alkyl halides is 1. The van der Waals surface area contributed by atoms with Gasteiger partial charge in [-0.2, -0.15) is 0 Å². The molecule has 2 fully saturated rings. The summed E-state index contributed by atoms with van der Waals surface area (Å²) in [5, 5.41) is 3.43. The molecule has 0 radical (unpaired) electrons. The fourth-order valence-electron chi connectivity index (χ4n) is 4.42. The van der Waals surface area contributed by atoms with Crippen molar-refractivity contribution in [2.24, 2.45) is 5.92 Å². The highest BCUT2D eigenvalue weighted by molar-refractivity contribution is 5.95. The molecule has 1 amide bonds. The monoisotopic (exact) mass is 484 g/mol. The molecule has 7 nitrogen and oxygen atoms in total. The molecule has 0 bridgehead atoms. The molecule has 3 aromatic rings. The molecule has 1 saturated carbocycles. The fraction of sp³-hybridized carbons (Fsp3) is 0.440. The van der Waals surface area contributed by atoms with Gasteiger partial charge >= 0.3 is 0 Å². The molecule has 1 atom stereocenters. The molecule has 0 spiro atoms.